The first-order chi connectivity index (χ1) is 8.36. The standard InChI is InChI=1S/C17H30/c1-3-5-7-9-11-17-14-12-16(13-15-17)10-8-6-4-2/h4-7,16-17H,3,8-15H2,1-2H3. The molecule has 0 saturated heterocycles. The summed E-state index contributed by atoms with van der Waals surface area (Å²) in [6.45, 7) is 4.34. The number of allylic oxidation sites excluding steroid dienone is 4. The van der Waals surface area contributed by atoms with E-state index in [1.54, 1.807) is 0 Å². The van der Waals surface area contributed by atoms with Crippen LogP contribution in [0.15, 0.2) is 24.3 Å². The second kappa shape index (κ2) is 9.50. The van der Waals surface area contributed by atoms with Crippen molar-refractivity contribution in [2.45, 2.75) is 71.6 Å². The molecule has 0 nitrogen and oxygen atoms in total. The molecule has 17 heavy (non-hydrogen) atoms. The van der Waals surface area contributed by atoms with E-state index in [1.165, 1.54) is 57.8 Å². The quantitative estimate of drug-likeness (QED) is 0.481. The Morgan fingerprint density at radius 1 is 0.824 bits per heavy atom. The van der Waals surface area contributed by atoms with Gasteiger partial charge in [-0.1, -0.05) is 56.9 Å². The molecular weight excluding hydrogens is 204 g/mol. The lowest BCUT2D eigenvalue weighted by molar-refractivity contribution is 0.255. The first-order valence-corrected chi connectivity index (χ1v) is 7.63. The van der Waals surface area contributed by atoms with Gasteiger partial charge < -0.3 is 0 Å². The molecule has 0 aliphatic heterocycles. The van der Waals surface area contributed by atoms with Gasteiger partial charge in [-0.25, -0.2) is 0 Å². The van der Waals surface area contributed by atoms with E-state index in [4.69, 9.17) is 0 Å². The summed E-state index contributed by atoms with van der Waals surface area (Å²) in [7, 11) is 0. The summed E-state index contributed by atoms with van der Waals surface area (Å²) in [5.41, 5.74) is 0. The van der Waals surface area contributed by atoms with E-state index < -0.39 is 0 Å². The van der Waals surface area contributed by atoms with Crippen LogP contribution in [0, 0.1) is 11.8 Å². The summed E-state index contributed by atoms with van der Waals surface area (Å²) in [6, 6.07) is 0. The van der Waals surface area contributed by atoms with Gasteiger partial charge in [0, 0.05) is 0 Å². The van der Waals surface area contributed by atoms with E-state index in [-0.39, 0.29) is 0 Å². The zero-order valence-electron chi connectivity index (χ0n) is 11.8. The van der Waals surface area contributed by atoms with E-state index in [2.05, 4.69) is 38.2 Å². The lowest BCUT2D eigenvalue weighted by Gasteiger charge is -2.28. The third-order valence-electron chi connectivity index (χ3n) is 4.09. The van der Waals surface area contributed by atoms with Crippen molar-refractivity contribution in [3.8, 4) is 0 Å². The summed E-state index contributed by atoms with van der Waals surface area (Å²) < 4.78 is 0. The molecule has 1 aliphatic rings. The highest BCUT2D eigenvalue weighted by atomic mass is 14.2. The first-order valence-electron chi connectivity index (χ1n) is 7.63. The van der Waals surface area contributed by atoms with Gasteiger partial charge in [0.25, 0.3) is 0 Å². The largest absolute Gasteiger partial charge is 0.0917 e. The molecule has 0 bridgehead atoms. The van der Waals surface area contributed by atoms with Crippen LogP contribution in [0.3, 0.4) is 0 Å². The van der Waals surface area contributed by atoms with E-state index in [0.29, 0.717) is 0 Å². The molecule has 0 atom stereocenters. The molecule has 0 aromatic carbocycles. The van der Waals surface area contributed by atoms with Crippen LogP contribution in [0.1, 0.15) is 71.6 Å². The zero-order chi connectivity index (χ0) is 12.3. The molecule has 1 rings (SSSR count). The summed E-state index contributed by atoms with van der Waals surface area (Å²) in [4.78, 5) is 0. The molecule has 0 N–H and O–H groups in total. The molecule has 1 aliphatic carbocycles. The van der Waals surface area contributed by atoms with Crippen molar-refractivity contribution in [3.63, 3.8) is 0 Å². The maximum Gasteiger partial charge on any atom is -0.0348 e. The van der Waals surface area contributed by atoms with Crippen LogP contribution >= 0.6 is 0 Å². The minimum Gasteiger partial charge on any atom is -0.0917 e. The molecule has 0 heteroatoms. The Balaban J connectivity index is 2.06. The Labute approximate surface area is 108 Å². The van der Waals surface area contributed by atoms with Crippen molar-refractivity contribution in [1.82, 2.24) is 0 Å². The molecule has 98 valence electrons. The highest BCUT2D eigenvalue weighted by Crippen LogP contribution is 2.33. The molecule has 0 aromatic rings. The normalized spacial score (nSPS) is 26.0. The lowest BCUT2D eigenvalue weighted by atomic mass is 9.78. The van der Waals surface area contributed by atoms with E-state index >= 15 is 0 Å². The summed E-state index contributed by atoms with van der Waals surface area (Å²) in [5, 5.41) is 0. The van der Waals surface area contributed by atoms with Gasteiger partial charge in [0.05, 0.1) is 0 Å². The molecule has 0 amide bonds. The topological polar surface area (TPSA) is 0 Å². The number of hydrogen-bond acceptors (Lipinski definition) is 0. The van der Waals surface area contributed by atoms with Crippen molar-refractivity contribution in [2.75, 3.05) is 0 Å². The molecule has 1 fully saturated rings. The Kier molecular flexibility index (Phi) is 8.13. The lowest BCUT2D eigenvalue weighted by Crippen LogP contribution is -2.14. The summed E-state index contributed by atoms with van der Waals surface area (Å²) >= 11 is 0. The van der Waals surface area contributed by atoms with Gasteiger partial charge in [0.15, 0.2) is 0 Å². The molecular formula is C17H30. The minimum absolute atomic E-state index is 1.02. The molecule has 1 saturated carbocycles. The highest BCUT2D eigenvalue weighted by Gasteiger charge is 2.19. The Morgan fingerprint density at radius 2 is 1.35 bits per heavy atom. The van der Waals surface area contributed by atoms with Gasteiger partial charge in [-0.05, 0) is 50.9 Å². The molecule has 0 radical (unpaired) electrons. The highest BCUT2D eigenvalue weighted by molar-refractivity contribution is 4.83. The van der Waals surface area contributed by atoms with Gasteiger partial charge in [0.2, 0.25) is 0 Å². The first kappa shape index (κ1) is 14.5. The third kappa shape index (κ3) is 6.71. The summed E-state index contributed by atoms with van der Waals surface area (Å²) in [6.07, 6.45) is 21.8. The minimum atomic E-state index is 1.02. The van der Waals surface area contributed by atoms with Crippen molar-refractivity contribution in [1.29, 1.82) is 0 Å². The predicted molar refractivity (Wildman–Crippen MR) is 78.2 cm³/mol. The van der Waals surface area contributed by atoms with E-state index in [1.807, 2.05) is 0 Å². The third-order valence-corrected chi connectivity index (χ3v) is 4.09. The van der Waals surface area contributed by atoms with Crippen LogP contribution in [-0.4, -0.2) is 0 Å². The van der Waals surface area contributed by atoms with Gasteiger partial charge in [-0.3, -0.25) is 0 Å². The van der Waals surface area contributed by atoms with Crippen molar-refractivity contribution >= 4 is 0 Å². The second-order valence-corrected chi connectivity index (χ2v) is 5.49. The fraction of sp³-hybridized carbons (Fsp3) is 0.765. The smallest absolute Gasteiger partial charge is 0.0348 e. The van der Waals surface area contributed by atoms with Crippen molar-refractivity contribution in [3.05, 3.63) is 24.3 Å². The molecule has 0 spiro atoms. The van der Waals surface area contributed by atoms with E-state index in [9.17, 15) is 0 Å². The van der Waals surface area contributed by atoms with Crippen LogP contribution in [-0.2, 0) is 0 Å². The Bertz CT molecular complexity index is 216. The second-order valence-electron chi connectivity index (χ2n) is 5.49. The SMILES string of the molecule is CC=CCCC1CCC(CCC=CCC)CC1. The Hall–Kier alpha value is -0.520. The van der Waals surface area contributed by atoms with Crippen molar-refractivity contribution < 1.29 is 0 Å². The number of rotatable bonds is 7. The van der Waals surface area contributed by atoms with Crippen molar-refractivity contribution in [2.24, 2.45) is 11.8 Å². The zero-order valence-corrected chi connectivity index (χ0v) is 11.8. The van der Waals surface area contributed by atoms with Gasteiger partial charge in [-0.2, -0.15) is 0 Å². The fourth-order valence-corrected chi connectivity index (χ4v) is 2.92. The average molecular weight is 234 g/mol. The summed E-state index contributed by atoms with van der Waals surface area (Å²) in [5.74, 6) is 2.04. The average Bonchev–Trinajstić information content (AvgIpc) is 2.37. The maximum atomic E-state index is 2.37. The van der Waals surface area contributed by atoms with Crippen LogP contribution in [0.2, 0.25) is 0 Å². The van der Waals surface area contributed by atoms with E-state index in [0.717, 1.165) is 11.8 Å². The Morgan fingerprint density at radius 3 is 1.82 bits per heavy atom. The van der Waals surface area contributed by atoms with Gasteiger partial charge in [0.1, 0.15) is 0 Å². The number of hydrogen-bond donors (Lipinski definition) is 0. The fourth-order valence-electron chi connectivity index (χ4n) is 2.92. The molecule has 0 unspecified atom stereocenters. The molecule has 0 heterocycles. The predicted octanol–water partition coefficient (Wildman–Crippen LogP) is 5.90. The van der Waals surface area contributed by atoms with Crippen LogP contribution in [0.4, 0.5) is 0 Å². The van der Waals surface area contributed by atoms with Crippen LogP contribution in [0.5, 0.6) is 0 Å². The molecule has 0 aromatic heterocycles. The van der Waals surface area contributed by atoms with Crippen LogP contribution < -0.4 is 0 Å². The van der Waals surface area contributed by atoms with Crippen LogP contribution in [0.25, 0.3) is 0 Å². The van der Waals surface area contributed by atoms with Gasteiger partial charge >= 0.3 is 0 Å². The monoisotopic (exact) mass is 234 g/mol. The maximum absolute atomic E-state index is 2.37. The van der Waals surface area contributed by atoms with Gasteiger partial charge in [-0.15, -0.1) is 0 Å².